The van der Waals surface area contributed by atoms with E-state index in [0.29, 0.717) is 15.1 Å². The molecule has 0 aliphatic carbocycles. The van der Waals surface area contributed by atoms with E-state index in [1.54, 1.807) is 35.0 Å². The Labute approximate surface area is 480 Å². The van der Waals surface area contributed by atoms with Crippen LogP contribution in [0.2, 0.25) is 15.1 Å². The number of fused-ring (bicyclic) bond motifs is 6. The van der Waals surface area contributed by atoms with Gasteiger partial charge in [-0.05, 0) is 109 Å². The van der Waals surface area contributed by atoms with Crippen LogP contribution in [0.15, 0.2) is 288 Å². The first-order valence-electron chi connectivity index (χ1n) is 25.5. The van der Waals surface area contributed by atoms with Gasteiger partial charge in [0.2, 0.25) is 0 Å². The molecule has 0 bridgehead atoms. The fraction of sp³-hybridized carbons (Fsp3) is 0. The molecular formula is C68H47Cl3N4O2S2. The van der Waals surface area contributed by atoms with Gasteiger partial charge in [-0.3, -0.25) is 0 Å². The Bertz CT molecular complexity index is 4210. The molecule has 79 heavy (non-hydrogen) atoms. The summed E-state index contributed by atoms with van der Waals surface area (Å²) in [5.74, 6) is 0. The number of halogens is 3. The minimum absolute atomic E-state index is 0.511. The third-order valence-corrected chi connectivity index (χ3v) is 16.5. The molecule has 10 aromatic carbocycles. The van der Waals surface area contributed by atoms with Crippen molar-refractivity contribution in [2.75, 3.05) is 20.0 Å². The van der Waals surface area contributed by atoms with Gasteiger partial charge in [-0.2, -0.15) is 0 Å². The molecular weight excluding hydrogens is 1080 g/mol. The van der Waals surface area contributed by atoms with Crippen molar-refractivity contribution in [3.05, 3.63) is 295 Å². The summed E-state index contributed by atoms with van der Waals surface area (Å²) in [4.78, 5) is 8.28. The van der Waals surface area contributed by atoms with Crippen molar-refractivity contribution >= 4 is 161 Å². The lowest BCUT2D eigenvalue weighted by molar-refractivity contribution is 0.624. The summed E-state index contributed by atoms with van der Waals surface area (Å²) in [5, 5.41) is 9.48. The van der Waals surface area contributed by atoms with Crippen LogP contribution < -0.4 is 20.0 Å². The zero-order valence-electron chi connectivity index (χ0n) is 42.2. The lowest BCUT2D eigenvalue weighted by atomic mass is 10.1. The summed E-state index contributed by atoms with van der Waals surface area (Å²) in [5.41, 5.74) is 10.8. The topological polar surface area (TPSA) is 48.0 Å². The maximum absolute atomic E-state index is 7.40. The Morgan fingerprint density at radius 1 is 0.304 bits per heavy atom. The first-order chi connectivity index (χ1) is 39.0. The molecule has 0 saturated heterocycles. The average molecular weight is 1120 g/mol. The standard InChI is InChI=1S/C34H23ClN2OS.C22H13Cl2NOS.C12H11N/c35-33-28(36(24-13-4-1-5-14-24)25-15-6-2-7-16-25)20-12-21-29(33)37(26-17-8-3-9-18-26)30-23-38-34-32(30)27-19-10-11-22-31(27)39-34;23-16-10-6-11-17(21(16)24)25(14-7-2-1-3-8-14)18-13-26-22-20(18)15-9-4-5-12-19(15)27-22;1-3-7-11(8-4-1)13-12-9-5-2-6-10-12/h1-23H;1-13H;1-10,13H. The molecule has 14 rings (SSSR count). The molecule has 0 aliphatic rings. The number of anilines is 11. The Kier molecular flexibility index (Phi) is 15.2. The van der Waals surface area contributed by atoms with Gasteiger partial charge in [0, 0.05) is 54.3 Å². The van der Waals surface area contributed by atoms with Crippen LogP contribution in [0.4, 0.5) is 62.6 Å². The van der Waals surface area contributed by atoms with Crippen LogP contribution in [0.1, 0.15) is 0 Å². The zero-order valence-corrected chi connectivity index (χ0v) is 46.1. The third kappa shape index (κ3) is 10.7. The predicted octanol–water partition coefficient (Wildman–Crippen LogP) is 23.1. The van der Waals surface area contributed by atoms with Crippen LogP contribution in [0.25, 0.3) is 40.7 Å². The van der Waals surface area contributed by atoms with Gasteiger partial charge in [-0.25, -0.2) is 0 Å². The molecule has 0 spiro atoms. The molecule has 6 nitrogen and oxygen atoms in total. The largest absolute Gasteiger partial charge is 0.451 e. The molecule has 14 aromatic rings. The minimum Gasteiger partial charge on any atom is -0.451 e. The number of hydrogen-bond donors (Lipinski definition) is 1. The molecule has 4 heterocycles. The molecule has 4 aromatic heterocycles. The van der Waals surface area contributed by atoms with E-state index >= 15 is 0 Å². The molecule has 0 radical (unpaired) electrons. The molecule has 0 unspecified atom stereocenters. The Morgan fingerprint density at radius 2 is 0.633 bits per heavy atom. The lowest BCUT2D eigenvalue weighted by Gasteiger charge is -2.30. The normalized spacial score (nSPS) is 11.0. The fourth-order valence-corrected chi connectivity index (χ4v) is 12.4. The quantitative estimate of drug-likeness (QED) is 0.139. The summed E-state index contributed by atoms with van der Waals surface area (Å²) in [6.07, 6.45) is 3.63. The highest BCUT2D eigenvalue weighted by Gasteiger charge is 2.27. The van der Waals surface area contributed by atoms with Gasteiger partial charge in [0.1, 0.15) is 12.5 Å². The van der Waals surface area contributed by atoms with Crippen molar-refractivity contribution in [1.82, 2.24) is 0 Å². The van der Waals surface area contributed by atoms with Gasteiger partial charge in [0.15, 0.2) is 9.79 Å². The van der Waals surface area contributed by atoms with Crippen molar-refractivity contribution in [2.45, 2.75) is 0 Å². The third-order valence-electron chi connectivity index (χ3n) is 13.2. The monoisotopic (exact) mass is 1120 g/mol. The van der Waals surface area contributed by atoms with E-state index in [1.807, 2.05) is 176 Å². The van der Waals surface area contributed by atoms with Gasteiger partial charge in [0.25, 0.3) is 0 Å². The Balaban J connectivity index is 0.000000134. The maximum atomic E-state index is 7.40. The van der Waals surface area contributed by atoms with Crippen LogP contribution in [-0.4, -0.2) is 0 Å². The number of hydrogen-bond acceptors (Lipinski definition) is 8. The van der Waals surface area contributed by atoms with E-state index < -0.39 is 0 Å². The van der Waals surface area contributed by atoms with E-state index in [4.69, 9.17) is 43.6 Å². The van der Waals surface area contributed by atoms with Gasteiger partial charge in [0.05, 0.1) is 54.3 Å². The highest BCUT2D eigenvalue weighted by atomic mass is 35.5. The van der Waals surface area contributed by atoms with E-state index in [1.165, 1.54) is 20.2 Å². The van der Waals surface area contributed by atoms with Crippen LogP contribution in [0.5, 0.6) is 0 Å². The Hall–Kier alpha value is -8.73. The Morgan fingerprint density at radius 3 is 1.05 bits per heavy atom. The second-order valence-electron chi connectivity index (χ2n) is 18.2. The molecule has 0 fully saturated rings. The molecule has 1 N–H and O–H groups in total. The van der Waals surface area contributed by atoms with Crippen molar-refractivity contribution < 1.29 is 8.83 Å². The number of nitrogens with one attached hydrogen (secondary N) is 1. The highest BCUT2D eigenvalue weighted by Crippen LogP contribution is 2.51. The molecule has 384 valence electrons. The summed E-state index contributed by atoms with van der Waals surface area (Å²) >= 11 is 23.6. The molecule has 0 saturated carbocycles. The summed E-state index contributed by atoms with van der Waals surface area (Å²) in [6, 6.07) is 89.9. The smallest absolute Gasteiger partial charge is 0.190 e. The van der Waals surface area contributed by atoms with E-state index in [0.717, 1.165) is 83.1 Å². The number of benzene rings is 10. The molecule has 0 atom stereocenters. The first-order valence-corrected chi connectivity index (χ1v) is 28.2. The molecule has 0 aliphatic heterocycles. The zero-order chi connectivity index (χ0) is 53.5. The number of nitrogens with zero attached hydrogens (tertiary/aromatic N) is 3. The molecule has 0 amide bonds. The number of rotatable bonds is 11. The number of furan rings is 2. The first kappa shape index (κ1) is 51.1. The SMILES string of the molecule is Clc1c(N(c2ccccc2)c2ccccc2)cccc1N(c1ccccc1)c1coc2sc3ccccc3c12.Clc1cccc(N(c2ccccc2)c2coc3sc4ccccc4c23)c1Cl.c1ccc(Nc2ccccc2)cc1. The van der Waals surface area contributed by atoms with Crippen molar-refractivity contribution in [3.8, 4) is 0 Å². The van der Waals surface area contributed by atoms with Crippen LogP contribution in [0.3, 0.4) is 0 Å². The minimum atomic E-state index is 0.511. The number of thiophene rings is 2. The van der Waals surface area contributed by atoms with Crippen LogP contribution >= 0.6 is 57.5 Å². The van der Waals surface area contributed by atoms with E-state index in [2.05, 4.69) is 111 Å². The van der Waals surface area contributed by atoms with Gasteiger partial charge in [-0.15, -0.1) is 0 Å². The summed E-state index contributed by atoms with van der Waals surface area (Å²) in [6.45, 7) is 0. The van der Waals surface area contributed by atoms with E-state index in [-0.39, 0.29) is 0 Å². The summed E-state index contributed by atoms with van der Waals surface area (Å²) < 4.78 is 14.5. The van der Waals surface area contributed by atoms with Gasteiger partial charge in [-0.1, -0.05) is 215 Å². The van der Waals surface area contributed by atoms with Crippen LogP contribution in [-0.2, 0) is 0 Å². The second kappa shape index (κ2) is 23.5. The van der Waals surface area contributed by atoms with Crippen LogP contribution in [0, 0.1) is 0 Å². The second-order valence-corrected chi connectivity index (χ2v) is 21.3. The average Bonchev–Trinajstić information content (AvgIpc) is 4.50. The number of para-hydroxylation sites is 6. The van der Waals surface area contributed by atoms with Crippen molar-refractivity contribution in [2.24, 2.45) is 0 Å². The lowest BCUT2D eigenvalue weighted by Crippen LogP contribution is -2.14. The van der Waals surface area contributed by atoms with Gasteiger partial charge >= 0.3 is 0 Å². The van der Waals surface area contributed by atoms with Crippen molar-refractivity contribution in [3.63, 3.8) is 0 Å². The fourth-order valence-electron chi connectivity index (χ4n) is 9.64. The predicted molar refractivity (Wildman–Crippen MR) is 338 cm³/mol. The summed E-state index contributed by atoms with van der Waals surface area (Å²) in [7, 11) is 0. The van der Waals surface area contributed by atoms with Crippen molar-refractivity contribution in [1.29, 1.82) is 0 Å². The molecule has 11 heteroatoms. The maximum Gasteiger partial charge on any atom is 0.190 e. The highest BCUT2D eigenvalue weighted by molar-refractivity contribution is 7.25. The van der Waals surface area contributed by atoms with Gasteiger partial charge < -0.3 is 28.9 Å². The van der Waals surface area contributed by atoms with E-state index in [9.17, 15) is 0 Å².